The Labute approximate surface area is 94.3 Å². The van der Waals surface area contributed by atoms with Crippen LogP contribution in [0.3, 0.4) is 0 Å². The maximum Gasteiger partial charge on any atom is 0.132 e. The van der Waals surface area contributed by atoms with Gasteiger partial charge in [0.2, 0.25) is 0 Å². The number of halogens is 2. The van der Waals surface area contributed by atoms with Crippen LogP contribution >= 0.6 is 0 Å². The van der Waals surface area contributed by atoms with Crippen LogP contribution in [0.25, 0.3) is 0 Å². The zero-order valence-electron chi connectivity index (χ0n) is 9.56. The normalized spacial score (nSPS) is 14.8. The van der Waals surface area contributed by atoms with Gasteiger partial charge in [-0.1, -0.05) is 13.0 Å². The van der Waals surface area contributed by atoms with E-state index in [0.717, 1.165) is 18.7 Å². The van der Waals surface area contributed by atoms with Gasteiger partial charge in [0, 0.05) is 0 Å². The van der Waals surface area contributed by atoms with Gasteiger partial charge in [0.15, 0.2) is 0 Å². The molecule has 1 unspecified atom stereocenters. The zero-order chi connectivity index (χ0) is 12.2. The topological polar surface area (TPSA) is 32.3 Å². The lowest BCUT2D eigenvalue weighted by molar-refractivity contribution is 0.0406. The molecule has 0 saturated heterocycles. The SMILES string of the molecule is CCNCCC(C)(O)c1c(F)cccc1F. The van der Waals surface area contributed by atoms with Crippen molar-refractivity contribution in [2.75, 3.05) is 13.1 Å². The van der Waals surface area contributed by atoms with E-state index in [1.807, 2.05) is 6.92 Å². The van der Waals surface area contributed by atoms with E-state index in [4.69, 9.17) is 0 Å². The van der Waals surface area contributed by atoms with Gasteiger partial charge in [-0.05, 0) is 38.6 Å². The third-order valence-electron chi connectivity index (χ3n) is 2.54. The lowest BCUT2D eigenvalue weighted by atomic mass is 9.91. The quantitative estimate of drug-likeness (QED) is 0.758. The Morgan fingerprint density at radius 3 is 2.38 bits per heavy atom. The third kappa shape index (κ3) is 3.00. The highest BCUT2D eigenvalue weighted by atomic mass is 19.1. The predicted octanol–water partition coefficient (Wildman–Crippen LogP) is 2.17. The summed E-state index contributed by atoms with van der Waals surface area (Å²) in [6.07, 6.45) is 0.263. The van der Waals surface area contributed by atoms with Gasteiger partial charge >= 0.3 is 0 Å². The summed E-state index contributed by atoms with van der Waals surface area (Å²) in [5.41, 5.74) is -1.75. The first-order valence-corrected chi connectivity index (χ1v) is 5.36. The Bertz CT molecular complexity index is 333. The second-order valence-corrected chi connectivity index (χ2v) is 3.97. The van der Waals surface area contributed by atoms with Gasteiger partial charge in [-0.15, -0.1) is 0 Å². The lowest BCUT2D eigenvalue weighted by Gasteiger charge is -2.24. The number of hydrogen-bond donors (Lipinski definition) is 2. The molecular formula is C12H17F2NO. The molecule has 0 bridgehead atoms. The molecule has 1 aromatic rings. The van der Waals surface area contributed by atoms with Crippen molar-refractivity contribution in [1.82, 2.24) is 5.32 Å². The van der Waals surface area contributed by atoms with E-state index in [9.17, 15) is 13.9 Å². The summed E-state index contributed by atoms with van der Waals surface area (Å²) in [6, 6.07) is 3.59. The summed E-state index contributed by atoms with van der Waals surface area (Å²) >= 11 is 0. The summed E-state index contributed by atoms with van der Waals surface area (Å²) in [5.74, 6) is -1.41. The van der Waals surface area contributed by atoms with Crippen molar-refractivity contribution < 1.29 is 13.9 Å². The molecule has 16 heavy (non-hydrogen) atoms. The largest absolute Gasteiger partial charge is 0.385 e. The molecule has 1 rings (SSSR count). The molecule has 0 saturated carbocycles. The van der Waals surface area contributed by atoms with Crippen LogP contribution in [0.4, 0.5) is 8.78 Å². The second kappa shape index (κ2) is 5.37. The Hall–Kier alpha value is -1.00. The number of nitrogens with one attached hydrogen (secondary N) is 1. The standard InChI is InChI=1S/C12H17F2NO/c1-3-15-8-7-12(2,16)11-9(13)5-4-6-10(11)14/h4-6,15-16H,3,7-8H2,1-2H3. The molecule has 2 N–H and O–H groups in total. The van der Waals surface area contributed by atoms with Crippen LogP contribution in [-0.2, 0) is 5.60 Å². The van der Waals surface area contributed by atoms with Crippen LogP contribution in [0.5, 0.6) is 0 Å². The third-order valence-corrected chi connectivity index (χ3v) is 2.54. The van der Waals surface area contributed by atoms with Crippen LogP contribution in [0, 0.1) is 11.6 Å². The minimum atomic E-state index is -1.49. The molecule has 0 aliphatic carbocycles. The first kappa shape index (κ1) is 13.1. The molecule has 1 atom stereocenters. The first-order valence-electron chi connectivity index (χ1n) is 5.36. The van der Waals surface area contributed by atoms with Crippen molar-refractivity contribution in [2.24, 2.45) is 0 Å². The number of aliphatic hydroxyl groups is 1. The number of hydrogen-bond acceptors (Lipinski definition) is 2. The molecular weight excluding hydrogens is 212 g/mol. The Balaban J connectivity index is 2.88. The molecule has 2 nitrogen and oxygen atoms in total. The molecule has 0 radical (unpaired) electrons. The number of benzene rings is 1. The molecule has 0 heterocycles. The van der Waals surface area contributed by atoms with E-state index in [0.29, 0.717) is 6.54 Å². The highest BCUT2D eigenvalue weighted by Gasteiger charge is 2.29. The van der Waals surface area contributed by atoms with Gasteiger partial charge in [0.05, 0.1) is 11.2 Å². The van der Waals surface area contributed by atoms with Gasteiger partial charge in [-0.3, -0.25) is 0 Å². The van der Waals surface area contributed by atoms with Crippen LogP contribution in [0.1, 0.15) is 25.8 Å². The summed E-state index contributed by atoms with van der Waals surface area (Å²) in [7, 11) is 0. The molecule has 0 aliphatic heterocycles. The second-order valence-electron chi connectivity index (χ2n) is 3.97. The average Bonchev–Trinajstić information content (AvgIpc) is 2.17. The zero-order valence-corrected chi connectivity index (χ0v) is 9.56. The molecule has 0 spiro atoms. The molecule has 0 aliphatic rings. The van der Waals surface area contributed by atoms with Crippen LogP contribution in [0.15, 0.2) is 18.2 Å². The highest BCUT2D eigenvalue weighted by Crippen LogP contribution is 2.28. The summed E-state index contributed by atoms with van der Waals surface area (Å²) < 4.78 is 26.9. The van der Waals surface area contributed by atoms with Crippen molar-refractivity contribution in [3.05, 3.63) is 35.4 Å². The minimum Gasteiger partial charge on any atom is -0.385 e. The van der Waals surface area contributed by atoms with Crippen molar-refractivity contribution in [1.29, 1.82) is 0 Å². The highest BCUT2D eigenvalue weighted by molar-refractivity contribution is 5.25. The summed E-state index contributed by atoms with van der Waals surface area (Å²) in [6.45, 7) is 4.62. The van der Waals surface area contributed by atoms with E-state index < -0.39 is 17.2 Å². The number of rotatable bonds is 5. The Kier molecular flexibility index (Phi) is 4.38. The van der Waals surface area contributed by atoms with E-state index in [1.54, 1.807) is 0 Å². The van der Waals surface area contributed by atoms with Gasteiger partial charge in [0.25, 0.3) is 0 Å². The molecule has 90 valence electrons. The van der Waals surface area contributed by atoms with Crippen LogP contribution < -0.4 is 5.32 Å². The Morgan fingerprint density at radius 1 is 1.31 bits per heavy atom. The smallest absolute Gasteiger partial charge is 0.132 e. The van der Waals surface area contributed by atoms with Crippen molar-refractivity contribution in [2.45, 2.75) is 25.9 Å². The fourth-order valence-electron chi connectivity index (χ4n) is 1.65. The minimum absolute atomic E-state index is 0.257. The van der Waals surface area contributed by atoms with Crippen molar-refractivity contribution in [3.8, 4) is 0 Å². The van der Waals surface area contributed by atoms with E-state index in [-0.39, 0.29) is 12.0 Å². The van der Waals surface area contributed by atoms with Gasteiger partial charge in [-0.25, -0.2) is 8.78 Å². The molecule has 0 amide bonds. The molecule has 0 aromatic heterocycles. The van der Waals surface area contributed by atoms with Crippen LogP contribution in [-0.4, -0.2) is 18.2 Å². The monoisotopic (exact) mass is 229 g/mol. The van der Waals surface area contributed by atoms with Gasteiger partial charge < -0.3 is 10.4 Å². The maximum atomic E-state index is 13.4. The van der Waals surface area contributed by atoms with Crippen molar-refractivity contribution in [3.63, 3.8) is 0 Å². The predicted molar refractivity (Wildman–Crippen MR) is 59.1 cm³/mol. The molecule has 4 heteroatoms. The molecule has 0 fully saturated rings. The van der Waals surface area contributed by atoms with E-state index >= 15 is 0 Å². The Morgan fingerprint density at radius 2 is 1.88 bits per heavy atom. The first-order chi connectivity index (χ1) is 7.49. The van der Waals surface area contributed by atoms with E-state index in [2.05, 4.69) is 5.32 Å². The van der Waals surface area contributed by atoms with Crippen molar-refractivity contribution >= 4 is 0 Å². The van der Waals surface area contributed by atoms with Gasteiger partial charge in [0.1, 0.15) is 11.6 Å². The average molecular weight is 229 g/mol. The molecule has 1 aromatic carbocycles. The fraction of sp³-hybridized carbons (Fsp3) is 0.500. The summed E-state index contributed by atoms with van der Waals surface area (Å²) in [5, 5.41) is 13.1. The fourth-order valence-corrected chi connectivity index (χ4v) is 1.65. The van der Waals surface area contributed by atoms with Crippen LogP contribution in [0.2, 0.25) is 0 Å². The summed E-state index contributed by atoms with van der Waals surface area (Å²) in [4.78, 5) is 0. The lowest BCUT2D eigenvalue weighted by Crippen LogP contribution is -2.29. The van der Waals surface area contributed by atoms with E-state index in [1.165, 1.54) is 13.0 Å². The van der Waals surface area contributed by atoms with Gasteiger partial charge in [-0.2, -0.15) is 0 Å². The maximum absolute atomic E-state index is 13.4.